The Morgan fingerprint density at radius 3 is 2.75 bits per heavy atom. The molecule has 0 aliphatic carbocycles. The molecule has 0 fully saturated rings. The largest absolute Gasteiger partial charge is 0.480 e. The molecule has 2 atom stereocenters. The SMILES string of the molecule is CC(C)C[C@H](N)C(=O)N1Cc2[nH]c3ccccc3c2C[C@H]1C(=O)O. The van der Waals surface area contributed by atoms with Crippen molar-refractivity contribution in [3.8, 4) is 0 Å². The summed E-state index contributed by atoms with van der Waals surface area (Å²) in [5, 5.41) is 10.6. The van der Waals surface area contributed by atoms with Crippen LogP contribution < -0.4 is 5.73 Å². The van der Waals surface area contributed by atoms with Crippen molar-refractivity contribution in [3.63, 3.8) is 0 Å². The van der Waals surface area contributed by atoms with E-state index in [1.54, 1.807) is 0 Å². The van der Waals surface area contributed by atoms with Gasteiger partial charge in [-0.05, 0) is 24.0 Å². The van der Waals surface area contributed by atoms with E-state index in [4.69, 9.17) is 5.73 Å². The van der Waals surface area contributed by atoms with E-state index in [2.05, 4.69) is 4.98 Å². The summed E-state index contributed by atoms with van der Waals surface area (Å²) >= 11 is 0. The molecule has 0 radical (unpaired) electrons. The molecule has 0 saturated heterocycles. The molecule has 2 aromatic rings. The molecular formula is C18H23N3O3. The number of benzene rings is 1. The number of hydrogen-bond donors (Lipinski definition) is 3. The molecule has 0 spiro atoms. The van der Waals surface area contributed by atoms with Crippen LogP contribution in [-0.4, -0.2) is 39.0 Å². The first-order valence-electron chi connectivity index (χ1n) is 8.25. The third-order valence-electron chi connectivity index (χ3n) is 4.61. The fourth-order valence-corrected chi connectivity index (χ4v) is 3.48. The third kappa shape index (κ3) is 2.89. The highest BCUT2D eigenvalue weighted by atomic mass is 16.4. The summed E-state index contributed by atoms with van der Waals surface area (Å²) in [5.41, 5.74) is 8.86. The third-order valence-corrected chi connectivity index (χ3v) is 4.61. The molecule has 3 rings (SSSR count). The van der Waals surface area contributed by atoms with Gasteiger partial charge in [-0.15, -0.1) is 0 Å². The van der Waals surface area contributed by atoms with Crippen molar-refractivity contribution in [1.29, 1.82) is 0 Å². The number of carboxylic acid groups (broad SMARTS) is 1. The van der Waals surface area contributed by atoms with E-state index in [1.165, 1.54) is 4.90 Å². The standard InChI is InChI=1S/C18H23N3O3/c1-10(2)7-13(19)17(22)21-9-15-12(8-16(21)18(23)24)11-5-3-4-6-14(11)20-15/h3-6,10,13,16,20H,7-9,19H2,1-2H3,(H,23,24)/t13-,16-/m0/s1. The number of aliphatic carboxylic acids is 1. The lowest BCUT2D eigenvalue weighted by molar-refractivity contribution is -0.152. The maximum Gasteiger partial charge on any atom is 0.326 e. The van der Waals surface area contributed by atoms with Gasteiger partial charge in [-0.3, -0.25) is 4.79 Å². The second-order valence-electron chi connectivity index (χ2n) is 6.89. The number of carbonyl (C=O) groups excluding carboxylic acids is 1. The Morgan fingerprint density at radius 2 is 2.08 bits per heavy atom. The molecular weight excluding hydrogens is 306 g/mol. The van der Waals surface area contributed by atoms with Crippen molar-refractivity contribution >= 4 is 22.8 Å². The van der Waals surface area contributed by atoms with Crippen molar-refractivity contribution in [2.45, 2.75) is 45.3 Å². The maximum atomic E-state index is 12.7. The minimum Gasteiger partial charge on any atom is -0.480 e. The van der Waals surface area contributed by atoms with E-state index in [1.807, 2.05) is 38.1 Å². The molecule has 4 N–H and O–H groups in total. The Kier molecular flexibility index (Phi) is 4.32. The lowest BCUT2D eigenvalue weighted by Crippen LogP contribution is -2.54. The molecule has 1 aromatic heterocycles. The lowest BCUT2D eigenvalue weighted by Gasteiger charge is -2.35. The van der Waals surface area contributed by atoms with Gasteiger partial charge in [0.15, 0.2) is 0 Å². The summed E-state index contributed by atoms with van der Waals surface area (Å²) in [6.07, 6.45) is 0.843. The van der Waals surface area contributed by atoms with Gasteiger partial charge in [-0.25, -0.2) is 4.79 Å². The van der Waals surface area contributed by atoms with Gasteiger partial charge in [-0.1, -0.05) is 32.0 Å². The highest BCUT2D eigenvalue weighted by molar-refractivity contribution is 5.90. The predicted octanol–water partition coefficient (Wildman–Crippen LogP) is 1.88. The average molecular weight is 329 g/mol. The monoisotopic (exact) mass is 329 g/mol. The molecule has 128 valence electrons. The summed E-state index contributed by atoms with van der Waals surface area (Å²) in [6.45, 7) is 4.24. The fraction of sp³-hybridized carbons (Fsp3) is 0.444. The number of carbonyl (C=O) groups is 2. The number of nitrogens with zero attached hydrogens (tertiary/aromatic N) is 1. The van der Waals surface area contributed by atoms with Crippen molar-refractivity contribution in [2.24, 2.45) is 11.7 Å². The molecule has 0 bridgehead atoms. The second-order valence-corrected chi connectivity index (χ2v) is 6.89. The maximum absolute atomic E-state index is 12.7. The van der Waals surface area contributed by atoms with Crippen LogP contribution in [0, 0.1) is 5.92 Å². The Balaban J connectivity index is 1.95. The normalized spacial score (nSPS) is 18.7. The van der Waals surface area contributed by atoms with Gasteiger partial charge in [0.05, 0.1) is 12.6 Å². The van der Waals surface area contributed by atoms with E-state index < -0.39 is 18.1 Å². The summed E-state index contributed by atoms with van der Waals surface area (Å²) in [4.78, 5) is 29.2. The highest BCUT2D eigenvalue weighted by Crippen LogP contribution is 2.30. The summed E-state index contributed by atoms with van der Waals surface area (Å²) in [7, 11) is 0. The van der Waals surface area contributed by atoms with Gasteiger partial charge in [0.2, 0.25) is 5.91 Å². The van der Waals surface area contributed by atoms with Crippen molar-refractivity contribution in [1.82, 2.24) is 9.88 Å². The molecule has 1 aliphatic rings. The van der Waals surface area contributed by atoms with Crippen LogP contribution in [0.1, 0.15) is 31.5 Å². The first-order chi connectivity index (χ1) is 11.4. The minimum atomic E-state index is -0.990. The molecule has 0 unspecified atom stereocenters. The van der Waals surface area contributed by atoms with Crippen LogP contribution in [0.3, 0.4) is 0 Å². The Bertz CT molecular complexity index is 781. The molecule has 6 heteroatoms. The minimum absolute atomic E-state index is 0.256. The van der Waals surface area contributed by atoms with Crippen LogP contribution in [0.2, 0.25) is 0 Å². The zero-order valence-corrected chi connectivity index (χ0v) is 14.0. The van der Waals surface area contributed by atoms with E-state index >= 15 is 0 Å². The van der Waals surface area contributed by atoms with Crippen molar-refractivity contribution in [2.75, 3.05) is 0 Å². The van der Waals surface area contributed by atoms with Gasteiger partial charge < -0.3 is 20.7 Å². The van der Waals surface area contributed by atoms with E-state index in [0.717, 1.165) is 22.2 Å². The van der Waals surface area contributed by atoms with Gasteiger partial charge in [0.1, 0.15) is 6.04 Å². The first kappa shape index (κ1) is 16.5. The van der Waals surface area contributed by atoms with E-state index in [0.29, 0.717) is 12.8 Å². The molecule has 0 saturated carbocycles. The Labute approximate surface area is 140 Å². The van der Waals surface area contributed by atoms with Gasteiger partial charge in [0.25, 0.3) is 0 Å². The van der Waals surface area contributed by atoms with Crippen molar-refractivity contribution in [3.05, 3.63) is 35.5 Å². The topological polar surface area (TPSA) is 99.4 Å². The number of rotatable bonds is 4. The van der Waals surface area contributed by atoms with Crippen LogP contribution in [0.4, 0.5) is 0 Å². The Morgan fingerprint density at radius 1 is 1.38 bits per heavy atom. The number of aromatic nitrogens is 1. The number of H-pyrrole nitrogens is 1. The molecule has 24 heavy (non-hydrogen) atoms. The zero-order valence-electron chi connectivity index (χ0n) is 14.0. The van der Waals surface area contributed by atoms with Gasteiger partial charge in [-0.2, -0.15) is 0 Å². The number of fused-ring (bicyclic) bond motifs is 3. The number of hydrogen-bond acceptors (Lipinski definition) is 3. The highest BCUT2D eigenvalue weighted by Gasteiger charge is 2.38. The number of para-hydroxylation sites is 1. The second kappa shape index (κ2) is 6.28. The molecule has 1 aliphatic heterocycles. The predicted molar refractivity (Wildman–Crippen MR) is 91.4 cm³/mol. The van der Waals surface area contributed by atoms with Gasteiger partial charge in [0, 0.05) is 23.0 Å². The van der Waals surface area contributed by atoms with Crippen LogP contribution in [0.15, 0.2) is 24.3 Å². The van der Waals surface area contributed by atoms with E-state index in [-0.39, 0.29) is 18.4 Å². The fourth-order valence-electron chi connectivity index (χ4n) is 3.48. The zero-order chi connectivity index (χ0) is 17.4. The van der Waals surface area contributed by atoms with Crippen LogP contribution in [0.5, 0.6) is 0 Å². The van der Waals surface area contributed by atoms with E-state index in [9.17, 15) is 14.7 Å². The quantitative estimate of drug-likeness (QED) is 0.797. The van der Waals surface area contributed by atoms with Crippen LogP contribution in [-0.2, 0) is 22.6 Å². The summed E-state index contributed by atoms with van der Waals surface area (Å²) in [5.74, 6) is -1.00. The summed E-state index contributed by atoms with van der Waals surface area (Å²) in [6, 6.07) is 6.26. The van der Waals surface area contributed by atoms with Crippen LogP contribution >= 0.6 is 0 Å². The van der Waals surface area contributed by atoms with Crippen molar-refractivity contribution < 1.29 is 14.7 Å². The molecule has 2 heterocycles. The number of aromatic amines is 1. The van der Waals surface area contributed by atoms with Gasteiger partial charge >= 0.3 is 5.97 Å². The molecule has 1 amide bonds. The number of carboxylic acids is 1. The first-order valence-corrected chi connectivity index (χ1v) is 8.25. The number of nitrogens with one attached hydrogen (secondary N) is 1. The number of nitrogens with two attached hydrogens (primary N) is 1. The average Bonchev–Trinajstić information content (AvgIpc) is 2.89. The smallest absolute Gasteiger partial charge is 0.326 e. The Hall–Kier alpha value is -2.34. The lowest BCUT2D eigenvalue weighted by atomic mass is 9.95. The summed E-state index contributed by atoms with van der Waals surface area (Å²) < 4.78 is 0. The van der Waals surface area contributed by atoms with Crippen LogP contribution in [0.25, 0.3) is 10.9 Å². The molecule has 1 aromatic carbocycles. The molecule has 6 nitrogen and oxygen atoms in total. The number of amides is 1.